The van der Waals surface area contributed by atoms with E-state index in [0.717, 1.165) is 17.3 Å². The minimum absolute atomic E-state index is 0.143. The monoisotopic (exact) mass is 400 g/mol. The molecule has 1 aromatic heterocycles. The maximum atomic E-state index is 12.7. The number of hydrogen-bond acceptors (Lipinski definition) is 4. The molecule has 1 heterocycles. The number of hydrogen-bond donors (Lipinski definition) is 0. The number of esters is 1. The standard InChI is InChI=1S/C20H17BrO4/c1-13-17(22)15-9-5-10-16(20(23)24-12-6-11-21)19(15)25-18(13)14-7-3-2-4-8-14/h2-5,7-10H,6,11-12H2,1H3. The van der Waals surface area contributed by atoms with Gasteiger partial charge in [-0.1, -0.05) is 52.3 Å². The van der Waals surface area contributed by atoms with E-state index in [-0.39, 0.29) is 16.6 Å². The van der Waals surface area contributed by atoms with Gasteiger partial charge in [0.1, 0.15) is 11.3 Å². The molecule has 0 amide bonds. The molecule has 0 saturated carbocycles. The fourth-order valence-electron chi connectivity index (χ4n) is 2.63. The van der Waals surface area contributed by atoms with Crippen molar-refractivity contribution in [3.05, 3.63) is 69.9 Å². The first kappa shape index (κ1) is 17.4. The van der Waals surface area contributed by atoms with Gasteiger partial charge >= 0.3 is 5.97 Å². The van der Waals surface area contributed by atoms with Gasteiger partial charge in [-0.05, 0) is 25.5 Å². The van der Waals surface area contributed by atoms with Gasteiger partial charge in [-0.2, -0.15) is 0 Å². The largest absolute Gasteiger partial charge is 0.462 e. The van der Waals surface area contributed by atoms with E-state index < -0.39 is 5.97 Å². The van der Waals surface area contributed by atoms with Crippen molar-refractivity contribution in [3.8, 4) is 11.3 Å². The summed E-state index contributed by atoms with van der Waals surface area (Å²) in [5, 5.41) is 1.13. The molecule has 0 saturated heterocycles. The van der Waals surface area contributed by atoms with Gasteiger partial charge in [0.25, 0.3) is 0 Å². The number of alkyl halides is 1. The summed E-state index contributed by atoms with van der Waals surface area (Å²) in [6, 6.07) is 14.3. The molecule has 3 rings (SSSR count). The number of rotatable bonds is 5. The fraction of sp³-hybridized carbons (Fsp3) is 0.200. The summed E-state index contributed by atoms with van der Waals surface area (Å²) in [4.78, 5) is 25.1. The molecule has 0 aliphatic carbocycles. The Morgan fingerprint density at radius 3 is 2.60 bits per heavy atom. The van der Waals surface area contributed by atoms with Crippen molar-refractivity contribution in [2.45, 2.75) is 13.3 Å². The van der Waals surface area contributed by atoms with E-state index in [2.05, 4.69) is 15.9 Å². The summed E-state index contributed by atoms with van der Waals surface area (Å²) in [7, 11) is 0. The lowest BCUT2D eigenvalue weighted by Gasteiger charge is -2.10. The van der Waals surface area contributed by atoms with Crippen molar-refractivity contribution in [3.63, 3.8) is 0 Å². The Labute approximate surface area is 153 Å². The number of para-hydroxylation sites is 1. The third-order valence-electron chi connectivity index (χ3n) is 3.91. The normalized spacial score (nSPS) is 10.8. The van der Waals surface area contributed by atoms with Gasteiger partial charge in [-0.15, -0.1) is 0 Å². The van der Waals surface area contributed by atoms with Crippen LogP contribution in [-0.2, 0) is 4.74 Å². The van der Waals surface area contributed by atoms with E-state index in [0.29, 0.717) is 23.3 Å². The third kappa shape index (κ3) is 3.51. The van der Waals surface area contributed by atoms with Crippen molar-refractivity contribution in [2.75, 3.05) is 11.9 Å². The van der Waals surface area contributed by atoms with Crippen LogP contribution >= 0.6 is 15.9 Å². The van der Waals surface area contributed by atoms with Crippen LogP contribution in [0.2, 0.25) is 0 Å². The van der Waals surface area contributed by atoms with E-state index in [1.165, 1.54) is 0 Å². The van der Waals surface area contributed by atoms with Crippen LogP contribution in [-0.4, -0.2) is 17.9 Å². The second kappa shape index (κ2) is 7.66. The highest BCUT2D eigenvalue weighted by Crippen LogP contribution is 2.27. The molecule has 128 valence electrons. The number of fused-ring (bicyclic) bond motifs is 1. The number of benzene rings is 2. The highest BCUT2D eigenvalue weighted by Gasteiger charge is 2.19. The van der Waals surface area contributed by atoms with Crippen LogP contribution < -0.4 is 5.43 Å². The molecule has 5 heteroatoms. The molecule has 0 N–H and O–H groups in total. The highest BCUT2D eigenvalue weighted by molar-refractivity contribution is 9.09. The zero-order valence-corrected chi connectivity index (χ0v) is 15.3. The average Bonchev–Trinajstić information content (AvgIpc) is 2.65. The molecule has 0 radical (unpaired) electrons. The molecule has 4 nitrogen and oxygen atoms in total. The highest BCUT2D eigenvalue weighted by atomic mass is 79.9. The lowest BCUT2D eigenvalue weighted by Crippen LogP contribution is -2.12. The lowest BCUT2D eigenvalue weighted by molar-refractivity contribution is 0.0507. The van der Waals surface area contributed by atoms with Gasteiger partial charge in [0.2, 0.25) is 0 Å². The zero-order chi connectivity index (χ0) is 17.8. The number of halogens is 1. The summed E-state index contributed by atoms with van der Waals surface area (Å²) in [5.41, 5.74) is 1.70. The van der Waals surface area contributed by atoms with Gasteiger partial charge < -0.3 is 9.15 Å². The van der Waals surface area contributed by atoms with Crippen LogP contribution in [0.3, 0.4) is 0 Å². The van der Waals surface area contributed by atoms with Crippen molar-refractivity contribution < 1.29 is 13.9 Å². The van der Waals surface area contributed by atoms with Crippen molar-refractivity contribution in [2.24, 2.45) is 0 Å². The predicted octanol–water partition coefficient (Wildman–Crippen LogP) is 4.71. The molecule has 0 aliphatic rings. The Bertz CT molecular complexity index is 961. The maximum Gasteiger partial charge on any atom is 0.341 e. The fourth-order valence-corrected chi connectivity index (χ4v) is 2.86. The molecule has 0 aliphatic heterocycles. The minimum Gasteiger partial charge on any atom is -0.462 e. The maximum absolute atomic E-state index is 12.7. The van der Waals surface area contributed by atoms with E-state index in [1.54, 1.807) is 25.1 Å². The molecule has 25 heavy (non-hydrogen) atoms. The van der Waals surface area contributed by atoms with Crippen LogP contribution in [0, 0.1) is 6.92 Å². The molecule has 0 atom stereocenters. The summed E-state index contributed by atoms with van der Waals surface area (Å²) < 4.78 is 11.3. The molecule has 0 fully saturated rings. The van der Waals surface area contributed by atoms with E-state index in [9.17, 15) is 9.59 Å². The Kier molecular flexibility index (Phi) is 5.34. The van der Waals surface area contributed by atoms with Crippen LogP contribution in [0.15, 0.2) is 57.7 Å². The van der Waals surface area contributed by atoms with Crippen LogP contribution in [0.4, 0.5) is 0 Å². The summed E-state index contributed by atoms with van der Waals surface area (Å²) in [5.74, 6) is -0.0172. The first-order valence-corrected chi connectivity index (χ1v) is 9.10. The molecular formula is C20H17BrO4. The third-order valence-corrected chi connectivity index (χ3v) is 4.47. The number of carbonyl (C=O) groups is 1. The van der Waals surface area contributed by atoms with Gasteiger partial charge in [0, 0.05) is 16.5 Å². The second-order valence-electron chi connectivity index (χ2n) is 5.61. The van der Waals surface area contributed by atoms with Crippen molar-refractivity contribution in [1.82, 2.24) is 0 Å². The molecular weight excluding hydrogens is 384 g/mol. The van der Waals surface area contributed by atoms with E-state index >= 15 is 0 Å². The number of ether oxygens (including phenoxy) is 1. The molecule has 0 spiro atoms. The average molecular weight is 401 g/mol. The second-order valence-corrected chi connectivity index (χ2v) is 6.41. The topological polar surface area (TPSA) is 56.5 Å². The smallest absolute Gasteiger partial charge is 0.341 e. The van der Waals surface area contributed by atoms with Gasteiger partial charge in [0.15, 0.2) is 11.0 Å². The molecule has 0 unspecified atom stereocenters. The van der Waals surface area contributed by atoms with Crippen LogP contribution in [0.5, 0.6) is 0 Å². The summed E-state index contributed by atoms with van der Waals surface area (Å²) in [6.07, 6.45) is 0.717. The predicted molar refractivity (Wildman–Crippen MR) is 101 cm³/mol. The molecule has 0 bridgehead atoms. The Hall–Kier alpha value is -2.40. The van der Waals surface area contributed by atoms with E-state index in [1.807, 2.05) is 30.3 Å². The quantitative estimate of drug-likeness (QED) is 0.353. The zero-order valence-electron chi connectivity index (χ0n) is 13.8. The Morgan fingerprint density at radius 1 is 1.12 bits per heavy atom. The molecule has 3 aromatic rings. The first-order chi connectivity index (χ1) is 12.1. The van der Waals surface area contributed by atoms with Gasteiger partial charge in [-0.3, -0.25) is 4.79 Å². The molecule has 2 aromatic carbocycles. The van der Waals surface area contributed by atoms with Gasteiger partial charge in [0.05, 0.1) is 12.0 Å². The summed E-state index contributed by atoms with van der Waals surface area (Å²) >= 11 is 3.30. The van der Waals surface area contributed by atoms with Gasteiger partial charge in [-0.25, -0.2) is 4.79 Å². The van der Waals surface area contributed by atoms with E-state index in [4.69, 9.17) is 9.15 Å². The van der Waals surface area contributed by atoms with Crippen LogP contribution in [0.25, 0.3) is 22.3 Å². The first-order valence-electron chi connectivity index (χ1n) is 7.98. The lowest BCUT2D eigenvalue weighted by atomic mass is 10.0. The summed E-state index contributed by atoms with van der Waals surface area (Å²) in [6.45, 7) is 2.04. The van der Waals surface area contributed by atoms with Crippen LogP contribution in [0.1, 0.15) is 22.3 Å². The number of carbonyl (C=O) groups excluding carboxylic acids is 1. The Morgan fingerprint density at radius 2 is 1.88 bits per heavy atom. The Balaban J connectivity index is 2.16. The minimum atomic E-state index is -0.488. The van der Waals surface area contributed by atoms with Crippen molar-refractivity contribution in [1.29, 1.82) is 0 Å². The SMILES string of the molecule is Cc1c(-c2ccccc2)oc2c(C(=O)OCCCBr)cccc2c1=O. The van der Waals surface area contributed by atoms with Crippen molar-refractivity contribution >= 4 is 32.9 Å².